The molecule has 0 radical (unpaired) electrons. The molecule has 118 valence electrons. The second-order valence-corrected chi connectivity index (χ2v) is 7.35. The van der Waals surface area contributed by atoms with E-state index in [4.69, 9.17) is 11.6 Å². The molecule has 0 amide bonds. The second kappa shape index (κ2) is 7.05. The van der Waals surface area contributed by atoms with Gasteiger partial charge in [-0.05, 0) is 37.1 Å². The lowest BCUT2D eigenvalue weighted by Gasteiger charge is -2.14. The van der Waals surface area contributed by atoms with Gasteiger partial charge in [-0.15, -0.1) is 0 Å². The molecule has 0 bridgehead atoms. The van der Waals surface area contributed by atoms with Crippen LogP contribution in [0.25, 0.3) is 0 Å². The summed E-state index contributed by atoms with van der Waals surface area (Å²) in [6, 6.07) is 2.37. The molecule has 0 atom stereocenters. The third-order valence-corrected chi connectivity index (χ3v) is 5.55. The fourth-order valence-corrected chi connectivity index (χ4v) is 4.04. The van der Waals surface area contributed by atoms with Gasteiger partial charge in [0.1, 0.15) is 5.82 Å². The predicted molar refractivity (Wildman–Crippen MR) is 81.4 cm³/mol. The Morgan fingerprint density at radius 2 is 2.00 bits per heavy atom. The monoisotopic (exact) mass is 334 g/mol. The summed E-state index contributed by atoms with van der Waals surface area (Å²) in [5, 5.41) is 2.99. The largest absolute Gasteiger partial charge is 0.313 e. The summed E-state index contributed by atoms with van der Waals surface area (Å²) in [5.41, 5.74) is 0.449. The van der Waals surface area contributed by atoms with Gasteiger partial charge >= 0.3 is 0 Å². The van der Waals surface area contributed by atoms with E-state index in [-0.39, 0.29) is 16.0 Å². The minimum atomic E-state index is -3.71. The van der Waals surface area contributed by atoms with E-state index in [2.05, 4.69) is 10.0 Å². The van der Waals surface area contributed by atoms with Crippen molar-refractivity contribution in [2.24, 2.45) is 0 Å². The second-order valence-electron chi connectivity index (χ2n) is 5.26. The summed E-state index contributed by atoms with van der Waals surface area (Å²) in [4.78, 5) is -0.0656. The average molecular weight is 335 g/mol. The maximum Gasteiger partial charge on any atom is 0.240 e. The van der Waals surface area contributed by atoms with Crippen LogP contribution >= 0.6 is 11.6 Å². The molecule has 7 heteroatoms. The van der Waals surface area contributed by atoms with Crippen molar-refractivity contribution >= 4 is 21.6 Å². The van der Waals surface area contributed by atoms with Crippen LogP contribution in [-0.2, 0) is 16.6 Å². The predicted octanol–water partition coefficient (Wildman–Crippen LogP) is 2.81. The van der Waals surface area contributed by atoms with E-state index in [1.807, 2.05) is 6.92 Å². The van der Waals surface area contributed by atoms with E-state index >= 15 is 0 Å². The first-order chi connectivity index (χ1) is 9.94. The van der Waals surface area contributed by atoms with Crippen LogP contribution in [0.2, 0.25) is 5.02 Å². The van der Waals surface area contributed by atoms with Crippen molar-refractivity contribution in [3.8, 4) is 0 Å². The fourth-order valence-electron chi connectivity index (χ4n) is 2.49. The van der Waals surface area contributed by atoms with Gasteiger partial charge < -0.3 is 5.32 Å². The normalized spacial score (nSPS) is 16.5. The van der Waals surface area contributed by atoms with Gasteiger partial charge in [0.2, 0.25) is 10.0 Å². The molecule has 21 heavy (non-hydrogen) atoms. The number of halogens is 2. The summed E-state index contributed by atoms with van der Waals surface area (Å²) >= 11 is 5.89. The van der Waals surface area contributed by atoms with Crippen LogP contribution in [0.1, 0.15) is 38.2 Å². The van der Waals surface area contributed by atoms with Crippen molar-refractivity contribution in [2.75, 3.05) is 6.54 Å². The number of benzene rings is 1. The Labute approximate surface area is 130 Å². The van der Waals surface area contributed by atoms with Gasteiger partial charge in [-0.25, -0.2) is 17.5 Å². The maximum atomic E-state index is 13.9. The van der Waals surface area contributed by atoms with Crippen LogP contribution in [0.4, 0.5) is 4.39 Å². The van der Waals surface area contributed by atoms with Crippen LogP contribution in [0, 0.1) is 5.82 Å². The van der Waals surface area contributed by atoms with Crippen LogP contribution in [0.3, 0.4) is 0 Å². The van der Waals surface area contributed by atoms with Crippen molar-refractivity contribution in [3.63, 3.8) is 0 Å². The molecule has 2 N–H and O–H groups in total. The molecular formula is C14H20ClFN2O2S. The molecule has 4 nitrogen and oxygen atoms in total. The molecular weight excluding hydrogens is 315 g/mol. The Morgan fingerprint density at radius 3 is 2.62 bits per heavy atom. The molecule has 0 aromatic heterocycles. The lowest BCUT2D eigenvalue weighted by atomic mass is 10.2. The SMILES string of the molecule is CCNCc1cc(S(=O)(=O)NC2CCCC2)cc(F)c1Cl. The first kappa shape index (κ1) is 16.7. The van der Waals surface area contributed by atoms with Gasteiger partial charge in [-0.1, -0.05) is 31.4 Å². The summed E-state index contributed by atoms with van der Waals surface area (Å²) in [5.74, 6) is -0.709. The molecule has 1 aromatic rings. The van der Waals surface area contributed by atoms with Crippen molar-refractivity contribution in [1.82, 2.24) is 10.0 Å². The molecule has 1 aliphatic carbocycles. The Balaban J connectivity index is 2.27. The standard InChI is InChI=1S/C14H20ClFN2O2S/c1-2-17-9-10-7-12(8-13(16)14(10)15)21(19,20)18-11-5-3-4-6-11/h7-8,11,17-18H,2-6,9H2,1H3. The Morgan fingerprint density at radius 1 is 1.33 bits per heavy atom. The summed E-state index contributed by atoms with van der Waals surface area (Å²) in [7, 11) is -3.71. The lowest BCUT2D eigenvalue weighted by Crippen LogP contribution is -2.32. The molecule has 0 saturated heterocycles. The molecule has 1 fully saturated rings. The van der Waals surface area contributed by atoms with Gasteiger partial charge in [-0.2, -0.15) is 0 Å². The first-order valence-corrected chi connectivity index (χ1v) is 9.01. The summed E-state index contributed by atoms with van der Waals surface area (Å²) in [6.07, 6.45) is 3.71. The van der Waals surface area contributed by atoms with E-state index in [0.29, 0.717) is 18.7 Å². The smallest absolute Gasteiger partial charge is 0.240 e. The van der Waals surface area contributed by atoms with Crippen LogP contribution in [0.5, 0.6) is 0 Å². The molecule has 0 spiro atoms. The highest BCUT2D eigenvalue weighted by Gasteiger charge is 2.24. The highest BCUT2D eigenvalue weighted by Crippen LogP contribution is 2.26. The van der Waals surface area contributed by atoms with E-state index in [1.165, 1.54) is 6.07 Å². The number of hydrogen-bond donors (Lipinski definition) is 2. The van der Waals surface area contributed by atoms with E-state index in [1.54, 1.807) is 0 Å². The van der Waals surface area contributed by atoms with Crippen molar-refractivity contribution in [3.05, 3.63) is 28.5 Å². The van der Waals surface area contributed by atoms with Crippen LogP contribution in [-0.4, -0.2) is 21.0 Å². The molecule has 2 rings (SSSR count). The highest BCUT2D eigenvalue weighted by atomic mass is 35.5. The topological polar surface area (TPSA) is 58.2 Å². The molecule has 1 saturated carbocycles. The number of rotatable bonds is 6. The van der Waals surface area contributed by atoms with Gasteiger partial charge in [0, 0.05) is 12.6 Å². The lowest BCUT2D eigenvalue weighted by molar-refractivity contribution is 0.549. The third-order valence-electron chi connectivity index (χ3n) is 3.63. The van der Waals surface area contributed by atoms with E-state index in [9.17, 15) is 12.8 Å². The number of hydrogen-bond acceptors (Lipinski definition) is 3. The van der Waals surface area contributed by atoms with Gasteiger partial charge in [0.15, 0.2) is 0 Å². The van der Waals surface area contributed by atoms with Crippen LogP contribution in [0.15, 0.2) is 17.0 Å². The zero-order chi connectivity index (χ0) is 15.5. The van der Waals surface area contributed by atoms with E-state index < -0.39 is 15.8 Å². The van der Waals surface area contributed by atoms with Crippen molar-refractivity contribution in [2.45, 2.75) is 50.1 Å². The van der Waals surface area contributed by atoms with E-state index in [0.717, 1.165) is 31.7 Å². The maximum absolute atomic E-state index is 13.9. The van der Waals surface area contributed by atoms with Gasteiger partial charge in [0.05, 0.1) is 9.92 Å². The van der Waals surface area contributed by atoms with Crippen molar-refractivity contribution in [1.29, 1.82) is 0 Å². The van der Waals surface area contributed by atoms with Gasteiger partial charge in [0.25, 0.3) is 0 Å². The minimum Gasteiger partial charge on any atom is -0.313 e. The number of nitrogens with one attached hydrogen (secondary N) is 2. The van der Waals surface area contributed by atoms with Gasteiger partial charge in [-0.3, -0.25) is 0 Å². The average Bonchev–Trinajstić information content (AvgIpc) is 2.92. The fraction of sp³-hybridized carbons (Fsp3) is 0.571. The third kappa shape index (κ3) is 4.16. The molecule has 0 heterocycles. The molecule has 0 aliphatic heterocycles. The van der Waals surface area contributed by atoms with Crippen molar-refractivity contribution < 1.29 is 12.8 Å². The summed E-state index contributed by atoms with van der Waals surface area (Å²) < 4.78 is 41.2. The summed E-state index contributed by atoms with van der Waals surface area (Å²) in [6.45, 7) is 2.93. The van der Waals surface area contributed by atoms with Crippen LogP contribution < -0.4 is 10.0 Å². The Kier molecular flexibility index (Phi) is 5.60. The molecule has 0 unspecified atom stereocenters. The molecule has 1 aromatic carbocycles. The highest BCUT2D eigenvalue weighted by molar-refractivity contribution is 7.89. The number of sulfonamides is 1. The Hall–Kier alpha value is -0.690. The molecule has 1 aliphatic rings. The zero-order valence-corrected chi connectivity index (χ0v) is 13.5. The zero-order valence-electron chi connectivity index (χ0n) is 12.0. The first-order valence-electron chi connectivity index (χ1n) is 7.15. The Bertz CT molecular complexity index is 601. The quantitative estimate of drug-likeness (QED) is 0.841. The minimum absolute atomic E-state index is 0.0317.